The standard InChI is InChI=1S/C23H29NO5S/c1-27-21-10-9-20(16-22(21)28-2)30(25,26)23(29-3)15-18-11-13-24(14-12-18)17-19-7-5-4-6-8-19/h4-10,15-16,18H,11-14,17H2,1-3H3/b23-15+. The van der Waals surface area contributed by atoms with Crippen molar-refractivity contribution in [1.29, 1.82) is 0 Å². The smallest absolute Gasteiger partial charge is 0.238 e. The fourth-order valence-corrected chi connectivity index (χ4v) is 5.01. The van der Waals surface area contributed by atoms with Gasteiger partial charge in [-0.1, -0.05) is 30.3 Å². The molecule has 0 bridgehead atoms. The molecule has 1 fully saturated rings. The van der Waals surface area contributed by atoms with E-state index in [0.29, 0.717) is 11.5 Å². The Balaban J connectivity index is 1.71. The minimum Gasteiger partial charge on any atom is -0.493 e. The van der Waals surface area contributed by atoms with Crippen molar-refractivity contribution in [3.63, 3.8) is 0 Å². The molecule has 0 radical (unpaired) electrons. The van der Waals surface area contributed by atoms with E-state index in [2.05, 4.69) is 29.2 Å². The molecule has 30 heavy (non-hydrogen) atoms. The Labute approximate surface area is 179 Å². The minimum atomic E-state index is -3.78. The zero-order chi connectivity index (χ0) is 21.6. The molecule has 1 heterocycles. The molecule has 1 aliphatic rings. The van der Waals surface area contributed by atoms with Gasteiger partial charge in [0.2, 0.25) is 14.9 Å². The van der Waals surface area contributed by atoms with Crippen LogP contribution in [0, 0.1) is 5.92 Å². The van der Waals surface area contributed by atoms with Gasteiger partial charge < -0.3 is 14.2 Å². The molecule has 7 heteroatoms. The largest absolute Gasteiger partial charge is 0.493 e. The lowest BCUT2D eigenvalue weighted by Crippen LogP contribution is -2.32. The first kappa shape index (κ1) is 22.2. The number of ether oxygens (including phenoxy) is 3. The summed E-state index contributed by atoms with van der Waals surface area (Å²) in [6, 6.07) is 14.9. The fraction of sp³-hybridized carbons (Fsp3) is 0.391. The van der Waals surface area contributed by atoms with Crippen LogP contribution in [0.5, 0.6) is 11.5 Å². The Morgan fingerprint density at radius 1 is 1.00 bits per heavy atom. The van der Waals surface area contributed by atoms with Crippen LogP contribution in [-0.2, 0) is 21.1 Å². The lowest BCUT2D eigenvalue weighted by molar-refractivity contribution is 0.193. The van der Waals surface area contributed by atoms with Gasteiger partial charge in [0, 0.05) is 12.6 Å². The van der Waals surface area contributed by atoms with Crippen molar-refractivity contribution in [2.24, 2.45) is 5.92 Å². The van der Waals surface area contributed by atoms with Crippen molar-refractivity contribution >= 4 is 9.84 Å². The van der Waals surface area contributed by atoms with E-state index in [1.54, 1.807) is 12.1 Å². The van der Waals surface area contributed by atoms with E-state index >= 15 is 0 Å². The van der Waals surface area contributed by atoms with Gasteiger partial charge in [0.1, 0.15) is 0 Å². The van der Waals surface area contributed by atoms with Gasteiger partial charge in [0.05, 0.1) is 26.2 Å². The molecule has 0 aromatic heterocycles. The van der Waals surface area contributed by atoms with Gasteiger partial charge in [-0.25, -0.2) is 8.42 Å². The Bertz CT molecular complexity index is 964. The summed E-state index contributed by atoms with van der Waals surface area (Å²) in [5, 5.41) is -0.0174. The zero-order valence-corrected chi connectivity index (χ0v) is 18.5. The number of allylic oxidation sites excluding steroid dienone is 1. The first-order valence-corrected chi connectivity index (χ1v) is 11.5. The third-order valence-electron chi connectivity index (χ3n) is 5.38. The van der Waals surface area contributed by atoms with Gasteiger partial charge in [-0.3, -0.25) is 4.90 Å². The average Bonchev–Trinajstić information content (AvgIpc) is 2.78. The predicted molar refractivity (Wildman–Crippen MR) is 116 cm³/mol. The van der Waals surface area contributed by atoms with E-state index in [4.69, 9.17) is 14.2 Å². The second-order valence-electron chi connectivity index (χ2n) is 7.31. The van der Waals surface area contributed by atoms with Gasteiger partial charge in [-0.2, -0.15) is 0 Å². The average molecular weight is 432 g/mol. The van der Waals surface area contributed by atoms with Crippen LogP contribution in [0.25, 0.3) is 0 Å². The van der Waals surface area contributed by atoms with Crippen molar-refractivity contribution in [3.05, 3.63) is 65.3 Å². The highest BCUT2D eigenvalue weighted by Crippen LogP contribution is 2.32. The van der Waals surface area contributed by atoms with Crippen LogP contribution in [0.3, 0.4) is 0 Å². The molecule has 0 unspecified atom stereocenters. The first-order chi connectivity index (χ1) is 14.5. The summed E-state index contributed by atoms with van der Waals surface area (Å²) < 4.78 is 42.0. The van der Waals surface area contributed by atoms with Gasteiger partial charge in [0.15, 0.2) is 11.5 Å². The number of nitrogens with zero attached hydrogens (tertiary/aromatic N) is 1. The summed E-state index contributed by atoms with van der Waals surface area (Å²) >= 11 is 0. The molecular weight excluding hydrogens is 402 g/mol. The van der Waals surface area contributed by atoms with Gasteiger partial charge >= 0.3 is 0 Å². The Kier molecular flexibility index (Phi) is 7.39. The van der Waals surface area contributed by atoms with E-state index in [1.165, 1.54) is 39.0 Å². The van der Waals surface area contributed by atoms with Crippen molar-refractivity contribution in [2.45, 2.75) is 24.3 Å². The highest BCUT2D eigenvalue weighted by Gasteiger charge is 2.26. The summed E-state index contributed by atoms with van der Waals surface area (Å²) in [6.45, 7) is 2.76. The molecule has 0 aliphatic carbocycles. The van der Waals surface area contributed by atoms with Crippen LogP contribution in [0.1, 0.15) is 18.4 Å². The number of methoxy groups -OCH3 is 3. The molecular formula is C23H29NO5S. The zero-order valence-electron chi connectivity index (χ0n) is 17.7. The van der Waals surface area contributed by atoms with Crippen molar-refractivity contribution in [1.82, 2.24) is 4.90 Å². The van der Waals surface area contributed by atoms with E-state index in [-0.39, 0.29) is 15.9 Å². The molecule has 1 saturated heterocycles. The first-order valence-electron chi connectivity index (χ1n) is 9.97. The molecule has 162 valence electrons. The second kappa shape index (κ2) is 10.00. The maximum absolute atomic E-state index is 13.1. The van der Waals surface area contributed by atoms with Crippen LogP contribution >= 0.6 is 0 Å². The Hall–Kier alpha value is -2.51. The van der Waals surface area contributed by atoms with E-state index < -0.39 is 9.84 Å². The number of hydrogen-bond acceptors (Lipinski definition) is 6. The monoisotopic (exact) mass is 431 g/mol. The molecule has 0 amide bonds. The predicted octanol–water partition coefficient (Wildman–Crippen LogP) is 3.88. The van der Waals surface area contributed by atoms with Crippen LogP contribution in [0.4, 0.5) is 0 Å². The Morgan fingerprint density at radius 3 is 2.27 bits per heavy atom. The second-order valence-corrected chi connectivity index (χ2v) is 9.19. The number of hydrogen-bond donors (Lipinski definition) is 0. The van der Waals surface area contributed by atoms with Crippen molar-refractivity contribution in [2.75, 3.05) is 34.4 Å². The maximum atomic E-state index is 13.1. The van der Waals surface area contributed by atoms with E-state index in [9.17, 15) is 8.42 Å². The van der Waals surface area contributed by atoms with Crippen molar-refractivity contribution in [3.8, 4) is 11.5 Å². The quantitative estimate of drug-likeness (QED) is 0.591. The molecule has 2 aromatic rings. The topological polar surface area (TPSA) is 65.1 Å². The maximum Gasteiger partial charge on any atom is 0.238 e. The molecule has 0 N–H and O–H groups in total. The number of sulfone groups is 1. The lowest BCUT2D eigenvalue weighted by atomic mass is 9.96. The summed E-state index contributed by atoms with van der Waals surface area (Å²) in [5.41, 5.74) is 1.29. The van der Waals surface area contributed by atoms with Gasteiger partial charge in [-0.05, 0) is 55.6 Å². The third kappa shape index (κ3) is 5.15. The molecule has 2 aromatic carbocycles. The summed E-state index contributed by atoms with van der Waals surface area (Å²) in [5.74, 6) is 0.996. The SMILES string of the molecule is CO/C(=C\C1CCN(Cc2ccccc2)CC1)S(=O)(=O)c1ccc(OC)c(OC)c1. The van der Waals surface area contributed by atoms with Crippen LogP contribution in [0.15, 0.2) is 64.6 Å². The van der Waals surface area contributed by atoms with Crippen molar-refractivity contribution < 1.29 is 22.6 Å². The van der Waals surface area contributed by atoms with E-state index in [0.717, 1.165) is 32.5 Å². The molecule has 0 saturated carbocycles. The van der Waals surface area contributed by atoms with E-state index in [1.807, 2.05) is 6.07 Å². The third-order valence-corrected chi connectivity index (χ3v) is 7.09. The molecule has 3 rings (SSSR count). The fourth-order valence-electron chi connectivity index (χ4n) is 3.68. The number of piperidine rings is 1. The summed E-state index contributed by atoms with van der Waals surface area (Å²) in [6.07, 6.45) is 3.54. The molecule has 0 spiro atoms. The normalized spacial score (nSPS) is 16.3. The summed E-state index contributed by atoms with van der Waals surface area (Å²) in [7, 11) is 0.604. The molecule has 0 atom stereocenters. The van der Waals surface area contributed by atoms with Crippen LogP contribution in [-0.4, -0.2) is 47.7 Å². The number of rotatable bonds is 8. The van der Waals surface area contributed by atoms with Gasteiger partial charge in [0.25, 0.3) is 0 Å². The highest BCUT2D eigenvalue weighted by atomic mass is 32.2. The number of benzene rings is 2. The van der Waals surface area contributed by atoms with Gasteiger partial charge in [-0.15, -0.1) is 0 Å². The lowest BCUT2D eigenvalue weighted by Gasteiger charge is -2.30. The number of likely N-dealkylation sites (tertiary alicyclic amines) is 1. The summed E-state index contributed by atoms with van der Waals surface area (Å²) in [4.78, 5) is 2.52. The Morgan fingerprint density at radius 2 is 1.67 bits per heavy atom. The van der Waals surface area contributed by atoms with Crippen LogP contribution < -0.4 is 9.47 Å². The highest BCUT2D eigenvalue weighted by molar-refractivity contribution is 7.95. The molecule has 6 nitrogen and oxygen atoms in total. The minimum absolute atomic E-state index is 0.0174. The van der Waals surface area contributed by atoms with Crippen LogP contribution in [0.2, 0.25) is 0 Å². The molecule has 1 aliphatic heterocycles.